The van der Waals surface area contributed by atoms with E-state index in [1.165, 1.54) is 44.3 Å². The Hall–Kier alpha value is -1.10. The number of carbonyl (C=O) groups excluding carboxylic acids is 1. The molecule has 1 saturated heterocycles. The number of benzene rings is 1. The molecule has 5 heteroatoms. The highest BCUT2D eigenvalue weighted by Gasteiger charge is 2.16. The SMILES string of the molecule is CC(C)[C@H](N)C(=O)NCc1ccc(CN2CCCCCC2)cc1.Cl. The summed E-state index contributed by atoms with van der Waals surface area (Å²) in [6.45, 7) is 7.92. The van der Waals surface area contributed by atoms with Crippen LogP contribution in [0.15, 0.2) is 24.3 Å². The van der Waals surface area contributed by atoms with Crippen molar-refractivity contribution in [2.24, 2.45) is 11.7 Å². The van der Waals surface area contributed by atoms with E-state index in [-0.39, 0.29) is 24.2 Å². The molecule has 0 saturated carbocycles. The number of carbonyl (C=O) groups is 1. The number of likely N-dealkylation sites (tertiary alicyclic amines) is 1. The number of nitrogens with one attached hydrogen (secondary N) is 1. The molecule has 0 radical (unpaired) electrons. The summed E-state index contributed by atoms with van der Waals surface area (Å²) in [5, 5.41) is 2.91. The molecule has 1 aromatic rings. The number of halogens is 1. The Morgan fingerprint density at radius 1 is 1.08 bits per heavy atom. The quantitative estimate of drug-likeness (QED) is 0.826. The van der Waals surface area contributed by atoms with E-state index in [0.717, 1.165) is 12.1 Å². The molecule has 3 N–H and O–H groups in total. The van der Waals surface area contributed by atoms with Gasteiger partial charge in [-0.05, 0) is 43.0 Å². The number of hydrogen-bond donors (Lipinski definition) is 2. The first-order chi connectivity index (χ1) is 11.1. The van der Waals surface area contributed by atoms with Crippen LogP contribution in [0.25, 0.3) is 0 Å². The molecule has 0 bridgehead atoms. The second-order valence-electron chi connectivity index (χ2n) is 6.99. The normalized spacial score (nSPS) is 17.0. The number of amides is 1. The smallest absolute Gasteiger partial charge is 0.237 e. The molecule has 1 fully saturated rings. The van der Waals surface area contributed by atoms with Crippen LogP contribution in [-0.2, 0) is 17.9 Å². The fraction of sp³-hybridized carbons (Fsp3) is 0.632. The minimum Gasteiger partial charge on any atom is -0.351 e. The van der Waals surface area contributed by atoms with Crippen molar-refractivity contribution in [1.29, 1.82) is 0 Å². The number of hydrogen-bond acceptors (Lipinski definition) is 3. The lowest BCUT2D eigenvalue weighted by Gasteiger charge is -2.20. The molecule has 1 aliphatic heterocycles. The fourth-order valence-electron chi connectivity index (χ4n) is 2.92. The van der Waals surface area contributed by atoms with Crippen LogP contribution in [-0.4, -0.2) is 29.9 Å². The Morgan fingerprint density at radius 2 is 1.62 bits per heavy atom. The summed E-state index contributed by atoms with van der Waals surface area (Å²) in [5.74, 6) is 0.0830. The third-order valence-corrected chi connectivity index (χ3v) is 4.62. The molecule has 0 spiro atoms. The van der Waals surface area contributed by atoms with Gasteiger partial charge in [-0.2, -0.15) is 0 Å². The van der Waals surface area contributed by atoms with E-state index in [1.54, 1.807) is 0 Å². The van der Waals surface area contributed by atoms with Gasteiger partial charge in [-0.3, -0.25) is 9.69 Å². The lowest BCUT2D eigenvalue weighted by molar-refractivity contribution is -0.123. The van der Waals surface area contributed by atoms with Crippen LogP contribution in [0, 0.1) is 5.92 Å². The minimum absolute atomic E-state index is 0. The van der Waals surface area contributed by atoms with Crippen LogP contribution in [0.3, 0.4) is 0 Å². The van der Waals surface area contributed by atoms with Gasteiger partial charge in [0, 0.05) is 13.1 Å². The van der Waals surface area contributed by atoms with Crippen molar-refractivity contribution in [2.45, 2.75) is 58.7 Å². The Kier molecular flexibility index (Phi) is 9.34. The Morgan fingerprint density at radius 3 is 2.17 bits per heavy atom. The van der Waals surface area contributed by atoms with Crippen LogP contribution >= 0.6 is 12.4 Å². The van der Waals surface area contributed by atoms with Gasteiger partial charge in [0.1, 0.15) is 0 Å². The van der Waals surface area contributed by atoms with Gasteiger partial charge in [0.15, 0.2) is 0 Å². The second-order valence-corrected chi connectivity index (χ2v) is 6.99. The highest BCUT2D eigenvalue weighted by Crippen LogP contribution is 2.14. The molecule has 0 aliphatic carbocycles. The average Bonchev–Trinajstić information content (AvgIpc) is 2.81. The largest absolute Gasteiger partial charge is 0.351 e. The Bertz CT molecular complexity index is 482. The van der Waals surface area contributed by atoms with Gasteiger partial charge < -0.3 is 11.1 Å². The maximum atomic E-state index is 11.9. The van der Waals surface area contributed by atoms with Crippen LogP contribution in [0.5, 0.6) is 0 Å². The van der Waals surface area contributed by atoms with Crippen LogP contribution < -0.4 is 11.1 Å². The van der Waals surface area contributed by atoms with Gasteiger partial charge in [0.05, 0.1) is 6.04 Å². The van der Waals surface area contributed by atoms with E-state index < -0.39 is 6.04 Å². The average molecular weight is 354 g/mol. The van der Waals surface area contributed by atoms with Crippen LogP contribution in [0.1, 0.15) is 50.7 Å². The van der Waals surface area contributed by atoms with Gasteiger partial charge in [-0.25, -0.2) is 0 Å². The first kappa shape index (κ1) is 20.9. The summed E-state index contributed by atoms with van der Waals surface area (Å²) < 4.78 is 0. The van der Waals surface area contributed by atoms with Crippen molar-refractivity contribution < 1.29 is 4.79 Å². The van der Waals surface area contributed by atoms with Crippen molar-refractivity contribution in [3.63, 3.8) is 0 Å². The molecule has 1 aliphatic rings. The van der Waals surface area contributed by atoms with Crippen molar-refractivity contribution in [3.05, 3.63) is 35.4 Å². The standard InChI is InChI=1S/C19H31N3O.ClH/c1-15(2)18(20)19(23)21-13-16-7-9-17(10-8-16)14-22-11-5-3-4-6-12-22;/h7-10,15,18H,3-6,11-14,20H2,1-2H3,(H,21,23);1H/t18-;/m0./s1. The summed E-state index contributed by atoms with van der Waals surface area (Å²) >= 11 is 0. The molecule has 0 aromatic heterocycles. The van der Waals surface area contributed by atoms with Gasteiger partial charge in [0.25, 0.3) is 0 Å². The summed E-state index contributed by atoms with van der Waals surface area (Å²) in [6.07, 6.45) is 5.38. The molecule has 0 unspecified atom stereocenters. The predicted molar refractivity (Wildman–Crippen MR) is 102 cm³/mol. The van der Waals surface area contributed by atoms with E-state index in [2.05, 4.69) is 34.5 Å². The molecule has 24 heavy (non-hydrogen) atoms. The minimum atomic E-state index is -0.433. The highest BCUT2D eigenvalue weighted by molar-refractivity contribution is 5.85. The summed E-state index contributed by atoms with van der Waals surface area (Å²) in [7, 11) is 0. The van der Waals surface area contributed by atoms with Crippen molar-refractivity contribution in [1.82, 2.24) is 10.2 Å². The second kappa shape index (κ2) is 10.7. The van der Waals surface area contributed by atoms with Crippen molar-refractivity contribution >= 4 is 18.3 Å². The maximum Gasteiger partial charge on any atom is 0.237 e. The molecular weight excluding hydrogens is 322 g/mol. The molecule has 2 rings (SSSR count). The first-order valence-corrected chi connectivity index (χ1v) is 8.89. The summed E-state index contributed by atoms with van der Waals surface area (Å²) in [4.78, 5) is 14.4. The highest BCUT2D eigenvalue weighted by atomic mass is 35.5. The molecule has 4 nitrogen and oxygen atoms in total. The van der Waals surface area contributed by atoms with Gasteiger partial charge in [0.2, 0.25) is 5.91 Å². The zero-order valence-corrected chi connectivity index (χ0v) is 15.8. The topological polar surface area (TPSA) is 58.4 Å². The van der Waals surface area contributed by atoms with Gasteiger partial charge in [-0.15, -0.1) is 12.4 Å². The van der Waals surface area contributed by atoms with Gasteiger partial charge >= 0.3 is 0 Å². The molecule has 1 atom stereocenters. The summed E-state index contributed by atoms with van der Waals surface area (Å²) in [6, 6.07) is 8.13. The lowest BCUT2D eigenvalue weighted by Crippen LogP contribution is -2.43. The maximum absolute atomic E-state index is 11.9. The predicted octanol–water partition coefficient (Wildman–Crippen LogP) is 3.08. The van der Waals surface area contributed by atoms with E-state index in [9.17, 15) is 4.79 Å². The van der Waals surface area contributed by atoms with E-state index in [4.69, 9.17) is 5.73 Å². The van der Waals surface area contributed by atoms with Gasteiger partial charge in [-0.1, -0.05) is 51.0 Å². The Labute approximate surface area is 152 Å². The first-order valence-electron chi connectivity index (χ1n) is 8.89. The third-order valence-electron chi connectivity index (χ3n) is 4.62. The van der Waals surface area contributed by atoms with E-state index in [1.807, 2.05) is 13.8 Å². The third kappa shape index (κ3) is 6.80. The zero-order valence-electron chi connectivity index (χ0n) is 15.0. The Balaban J connectivity index is 0.00000288. The fourth-order valence-corrected chi connectivity index (χ4v) is 2.92. The number of rotatable bonds is 6. The molecule has 1 amide bonds. The monoisotopic (exact) mass is 353 g/mol. The van der Waals surface area contributed by atoms with Crippen LogP contribution in [0.2, 0.25) is 0 Å². The molecule has 136 valence electrons. The molecule has 1 aromatic carbocycles. The van der Waals surface area contributed by atoms with E-state index in [0.29, 0.717) is 6.54 Å². The van der Waals surface area contributed by atoms with Crippen LogP contribution in [0.4, 0.5) is 0 Å². The van der Waals surface area contributed by atoms with Crippen molar-refractivity contribution in [2.75, 3.05) is 13.1 Å². The number of nitrogens with two attached hydrogens (primary N) is 1. The number of nitrogens with zero attached hydrogens (tertiary/aromatic N) is 1. The lowest BCUT2D eigenvalue weighted by atomic mass is 10.0. The van der Waals surface area contributed by atoms with Crippen molar-refractivity contribution in [3.8, 4) is 0 Å². The molecular formula is C19H32ClN3O. The summed E-state index contributed by atoms with van der Waals surface area (Å²) in [5.41, 5.74) is 8.31. The zero-order chi connectivity index (χ0) is 16.7. The van der Waals surface area contributed by atoms with E-state index >= 15 is 0 Å². The molecule has 1 heterocycles.